The van der Waals surface area contributed by atoms with Crippen molar-refractivity contribution in [2.45, 2.75) is 0 Å². The van der Waals surface area contributed by atoms with Crippen LogP contribution in [0, 0.1) is 12.1 Å². The molecule has 1 aliphatic rings. The monoisotopic (exact) mass is 225 g/mol. The van der Waals surface area contributed by atoms with E-state index in [-0.39, 0.29) is 4.90 Å². The molecule has 0 atom stereocenters. The summed E-state index contributed by atoms with van der Waals surface area (Å²) in [4.78, 5) is 44.2. The van der Waals surface area contributed by atoms with Crippen LogP contribution in [0.25, 0.3) is 0 Å². The third kappa shape index (κ3) is 2.30. The fourth-order valence-electron chi connectivity index (χ4n) is 0.882. The first-order chi connectivity index (χ1) is 7.57. The molecule has 0 saturated heterocycles. The van der Waals surface area contributed by atoms with Gasteiger partial charge >= 0.3 is 11.9 Å². The summed E-state index contributed by atoms with van der Waals surface area (Å²) < 4.78 is 15.5. The number of rotatable bonds is 1. The van der Waals surface area contributed by atoms with Crippen LogP contribution in [0.1, 0.15) is 0 Å². The van der Waals surface area contributed by atoms with Crippen molar-refractivity contribution in [3.8, 4) is 12.1 Å². The molecule has 0 aliphatic carbocycles. The number of hydrogen-bond acceptors (Lipinski definition) is 5. The lowest BCUT2D eigenvalue weighted by molar-refractivity contribution is -0.163. The Labute approximate surface area is 88.6 Å². The summed E-state index contributed by atoms with van der Waals surface area (Å²) in [7, 11) is 0. The highest BCUT2D eigenvalue weighted by atomic mass is 19.1. The molecule has 1 rings (SSSR count). The van der Waals surface area contributed by atoms with Gasteiger partial charge in [-0.1, -0.05) is 0 Å². The van der Waals surface area contributed by atoms with E-state index in [0.29, 0.717) is 0 Å². The predicted octanol–water partition coefficient (Wildman–Crippen LogP) is -1.09. The topological polar surface area (TPSA) is 80.8 Å². The molecule has 0 spiro atoms. The fraction of sp³-hybridized carbons (Fsp3) is 0.111. The maximum atomic E-state index is 11.3. The number of carbonyl (C=O) groups is 4. The average Bonchev–Trinajstić information content (AvgIpc) is 2.58. The van der Waals surface area contributed by atoms with Gasteiger partial charge in [-0.3, -0.25) is 14.4 Å². The number of halogens is 1. The van der Waals surface area contributed by atoms with Crippen molar-refractivity contribution >= 4 is 23.7 Å². The van der Waals surface area contributed by atoms with Gasteiger partial charge in [-0.15, -0.1) is 4.39 Å². The SMILES string of the molecule is O=C(OCC#CF)C(=O)N1C(=O)C=CC1=O. The first-order valence-corrected chi connectivity index (χ1v) is 3.93. The van der Waals surface area contributed by atoms with Crippen LogP contribution in [-0.4, -0.2) is 35.2 Å². The van der Waals surface area contributed by atoms with Crippen LogP contribution in [0.4, 0.5) is 4.39 Å². The molecule has 0 aromatic rings. The Morgan fingerprint density at radius 2 is 1.88 bits per heavy atom. The van der Waals surface area contributed by atoms with Crippen LogP contribution in [0.3, 0.4) is 0 Å². The van der Waals surface area contributed by atoms with E-state index in [1.807, 2.05) is 0 Å². The number of amides is 3. The molecule has 1 aliphatic heterocycles. The molecule has 0 aromatic carbocycles. The van der Waals surface area contributed by atoms with Gasteiger partial charge < -0.3 is 4.74 Å². The van der Waals surface area contributed by atoms with E-state index in [1.54, 1.807) is 5.92 Å². The molecule has 3 amide bonds. The Morgan fingerprint density at radius 3 is 2.38 bits per heavy atom. The second-order valence-corrected chi connectivity index (χ2v) is 2.50. The number of hydrogen-bond donors (Lipinski definition) is 0. The summed E-state index contributed by atoms with van der Waals surface area (Å²) in [6.45, 7) is -0.634. The maximum Gasteiger partial charge on any atom is 0.398 e. The van der Waals surface area contributed by atoms with E-state index in [9.17, 15) is 23.6 Å². The molecule has 7 heteroatoms. The zero-order chi connectivity index (χ0) is 12.1. The first kappa shape index (κ1) is 11.6. The van der Waals surface area contributed by atoms with Gasteiger partial charge in [0, 0.05) is 12.2 Å². The smallest absolute Gasteiger partial charge is 0.398 e. The summed E-state index contributed by atoms with van der Waals surface area (Å²) in [6.07, 6.45) is 2.64. The van der Waals surface area contributed by atoms with Gasteiger partial charge in [0.25, 0.3) is 11.8 Å². The van der Waals surface area contributed by atoms with Gasteiger partial charge in [0.2, 0.25) is 0 Å². The van der Waals surface area contributed by atoms with Crippen LogP contribution in [0.5, 0.6) is 0 Å². The third-order valence-electron chi connectivity index (χ3n) is 1.53. The van der Waals surface area contributed by atoms with Gasteiger partial charge in [0.1, 0.15) is 6.17 Å². The molecule has 6 nitrogen and oxygen atoms in total. The maximum absolute atomic E-state index is 11.3. The molecular formula is C9H4FNO5. The predicted molar refractivity (Wildman–Crippen MR) is 45.8 cm³/mol. The summed E-state index contributed by atoms with van der Waals surface area (Å²) >= 11 is 0. The quantitative estimate of drug-likeness (QED) is 0.245. The van der Waals surface area contributed by atoms with Gasteiger partial charge in [0.15, 0.2) is 6.61 Å². The van der Waals surface area contributed by atoms with Crippen LogP contribution < -0.4 is 0 Å². The van der Waals surface area contributed by atoms with E-state index in [4.69, 9.17) is 0 Å². The molecule has 0 unspecified atom stereocenters. The second-order valence-electron chi connectivity index (χ2n) is 2.50. The highest BCUT2D eigenvalue weighted by Gasteiger charge is 2.35. The van der Waals surface area contributed by atoms with Crippen molar-refractivity contribution in [1.82, 2.24) is 4.90 Å². The number of carbonyl (C=O) groups excluding carboxylic acids is 4. The van der Waals surface area contributed by atoms with Crippen molar-refractivity contribution in [3.05, 3.63) is 12.2 Å². The fourth-order valence-corrected chi connectivity index (χ4v) is 0.882. The highest BCUT2D eigenvalue weighted by Crippen LogP contribution is 2.04. The lowest BCUT2D eigenvalue weighted by Crippen LogP contribution is -2.41. The Bertz CT molecular complexity index is 438. The van der Waals surface area contributed by atoms with Crippen LogP contribution in [0.15, 0.2) is 12.2 Å². The normalized spacial score (nSPS) is 13.4. The van der Waals surface area contributed by atoms with E-state index < -0.39 is 30.3 Å². The van der Waals surface area contributed by atoms with E-state index in [1.165, 1.54) is 0 Å². The van der Waals surface area contributed by atoms with Crippen molar-refractivity contribution in [3.63, 3.8) is 0 Å². The third-order valence-corrected chi connectivity index (χ3v) is 1.53. The molecule has 0 bridgehead atoms. The number of imide groups is 3. The summed E-state index contributed by atoms with van der Waals surface area (Å²) in [6, 6.07) is 0. The minimum Gasteiger partial charge on any atom is -0.445 e. The van der Waals surface area contributed by atoms with E-state index in [0.717, 1.165) is 18.3 Å². The highest BCUT2D eigenvalue weighted by molar-refractivity contribution is 6.42. The summed E-state index contributed by atoms with van der Waals surface area (Å²) in [5.74, 6) is -3.00. The van der Waals surface area contributed by atoms with Gasteiger partial charge in [0.05, 0.1) is 0 Å². The Hall–Kier alpha value is -2.49. The lowest BCUT2D eigenvalue weighted by Gasteiger charge is -2.09. The average molecular weight is 225 g/mol. The molecule has 0 fully saturated rings. The van der Waals surface area contributed by atoms with Crippen molar-refractivity contribution in [1.29, 1.82) is 0 Å². The Morgan fingerprint density at radius 1 is 1.31 bits per heavy atom. The van der Waals surface area contributed by atoms with E-state index >= 15 is 0 Å². The van der Waals surface area contributed by atoms with Gasteiger partial charge in [-0.25, -0.2) is 9.69 Å². The molecule has 0 aromatic heterocycles. The van der Waals surface area contributed by atoms with Gasteiger partial charge in [-0.05, 0) is 5.92 Å². The Kier molecular flexibility index (Phi) is 3.50. The van der Waals surface area contributed by atoms with Gasteiger partial charge in [-0.2, -0.15) is 0 Å². The van der Waals surface area contributed by atoms with Crippen LogP contribution in [0.2, 0.25) is 0 Å². The molecule has 0 radical (unpaired) electrons. The standard InChI is InChI=1S/C9H4FNO5/c10-4-1-5-16-9(15)8(14)11-6(12)2-3-7(11)13/h2-3H,5H2. The molecular weight excluding hydrogens is 221 g/mol. The minimum absolute atomic E-state index is 0.116. The van der Waals surface area contributed by atoms with Crippen LogP contribution >= 0.6 is 0 Å². The number of nitrogens with zero attached hydrogens (tertiary/aromatic N) is 1. The molecule has 16 heavy (non-hydrogen) atoms. The number of esters is 1. The zero-order valence-electron chi connectivity index (χ0n) is 7.73. The Balaban J connectivity index is 2.63. The van der Waals surface area contributed by atoms with E-state index in [2.05, 4.69) is 4.74 Å². The number of ether oxygens (including phenoxy) is 1. The molecule has 0 N–H and O–H groups in total. The zero-order valence-corrected chi connectivity index (χ0v) is 7.73. The van der Waals surface area contributed by atoms with Crippen molar-refractivity contribution in [2.24, 2.45) is 0 Å². The molecule has 82 valence electrons. The summed E-state index contributed by atoms with van der Waals surface area (Å²) in [5, 5.41) is 0. The molecule has 0 saturated carbocycles. The van der Waals surface area contributed by atoms with Crippen molar-refractivity contribution in [2.75, 3.05) is 6.61 Å². The largest absolute Gasteiger partial charge is 0.445 e. The molecule has 1 heterocycles. The van der Waals surface area contributed by atoms with Crippen molar-refractivity contribution < 1.29 is 28.3 Å². The summed E-state index contributed by atoms with van der Waals surface area (Å²) in [5.41, 5.74) is 0. The lowest BCUT2D eigenvalue weighted by atomic mass is 10.5. The first-order valence-electron chi connectivity index (χ1n) is 3.93. The van der Waals surface area contributed by atoms with Crippen LogP contribution in [-0.2, 0) is 23.9 Å². The second kappa shape index (κ2) is 4.84. The minimum atomic E-state index is -1.45.